The molecule has 0 fully saturated rings. The van der Waals surface area contributed by atoms with Crippen LogP contribution in [0.25, 0.3) is 0 Å². The van der Waals surface area contributed by atoms with Crippen molar-refractivity contribution in [3.05, 3.63) is 64.7 Å². The van der Waals surface area contributed by atoms with E-state index in [-0.39, 0.29) is 5.56 Å². The molecule has 2 N–H and O–H groups in total. The molecule has 2 aromatic rings. The number of hydrogen-bond donors (Lipinski definition) is 2. The molecule has 2 aromatic carbocycles. The summed E-state index contributed by atoms with van der Waals surface area (Å²) in [6.45, 7) is 3.32. The Kier molecular flexibility index (Phi) is 4.38. The van der Waals surface area contributed by atoms with Crippen LogP contribution in [0.1, 0.15) is 41.4 Å². The summed E-state index contributed by atoms with van der Waals surface area (Å²) in [6.07, 6.45) is -1.13. The second-order valence-corrected chi connectivity index (χ2v) is 6.59. The lowest BCUT2D eigenvalue weighted by Crippen LogP contribution is -2.53. The van der Waals surface area contributed by atoms with Crippen LogP contribution in [0.15, 0.2) is 36.4 Å². The zero-order chi connectivity index (χ0) is 19.1. The van der Waals surface area contributed by atoms with Gasteiger partial charge in [0.05, 0.1) is 17.7 Å². The third-order valence-corrected chi connectivity index (χ3v) is 4.34. The van der Waals surface area contributed by atoms with Gasteiger partial charge in [-0.2, -0.15) is 5.26 Å². The average molecular weight is 358 g/mol. The molecule has 134 valence electrons. The second-order valence-electron chi connectivity index (χ2n) is 6.59. The molecule has 0 radical (unpaired) electrons. The lowest BCUT2D eigenvalue weighted by molar-refractivity contribution is -0.0627. The van der Waals surface area contributed by atoms with Gasteiger partial charge < -0.3 is 15.2 Å². The zero-order valence-corrected chi connectivity index (χ0v) is 14.1. The minimum absolute atomic E-state index is 0.0848. The van der Waals surface area contributed by atoms with Gasteiger partial charge in [0.1, 0.15) is 17.5 Å². The summed E-state index contributed by atoms with van der Waals surface area (Å²) in [5.41, 5.74) is -0.316. The maximum absolute atomic E-state index is 13.4. The van der Waals surface area contributed by atoms with Crippen molar-refractivity contribution in [2.24, 2.45) is 0 Å². The number of amides is 1. The van der Waals surface area contributed by atoms with E-state index < -0.39 is 35.3 Å². The van der Waals surface area contributed by atoms with Gasteiger partial charge in [0.25, 0.3) is 5.91 Å². The number of halogens is 2. The van der Waals surface area contributed by atoms with E-state index in [9.17, 15) is 18.7 Å². The van der Waals surface area contributed by atoms with Crippen molar-refractivity contribution in [3.8, 4) is 11.8 Å². The van der Waals surface area contributed by atoms with E-state index in [2.05, 4.69) is 5.32 Å². The Balaban J connectivity index is 1.98. The summed E-state index contributed by atoms with van der Waals surface area (Å²) >= 11 is 0. The highest BCUT2D eigenvalue weighted by molar-refractivity contribution is 5.94. The van der Waals surface area contributed by atoms with Crippen LogP contribution in [0.5, 0.6) is 5.75 Å². The van der Waals surface area contributed by atoms with Gasteiger partial charge in [-0.15, -0.1) is 0 Å². The van der Waals surface area contributed by atoms with Crippen LogP contribution in [0.3, 0.4) is 0 Å². The molecule has 1 amide bonds. The van der Waals surface area contributed by atoms with Crippen molar-refractivity contribution in [1.82, 2.24) is 5.32 Å². The standard InChI is InChI=1S/C19H16F2N2O3/c1-19(2)17(24)16(12-7-10(9-22)3-6-15(12)26-19)23-18(25)11-4-5-13(20)14(21)8-11/h3-8,16-17,24H,1-2H3,(H,23,25)/t16-,17+/m0/s1. The highest BCUT2D eigenvalue weighted by Crippen LogP contribution is 2.40. The van der Waals surface area contributed by atoms with Gasteiger partial charge in [-0.25, -0.2) is 8.78 Å². The third kappa shape index (κ3) is 3.11. The quantitative estimate of drug-likeness (QED) is 0.865. The lowest BCUT2D eigenvalue weighted by Gasteiger charge is -2.42. The fourth-order valence-electron chi connectivity index (χ4n) is 2.89. The normalized spacial score (nSPS) is 20.5. The molecular weight excluding hydrogens is 342 g/mol. The summed E-state index contributed by atoms with van der Waals surface area (Å²) in [5, 5.41) is 22.4. The largest absolute Gasteiger partial charge is 0.485 e. The number of carbonyl (C=O) groups excluding carboxylic acids is 1. The summed E-state index contributed by atoms with van der Waals surface area (Å²) in [4.78, 5) is 12.5. The predicted octanol–water partition coefficient (Wildman–Crippen LogP) is 2.84. The molecule has 0 saturated carbocycles. The first kappa shape index (κ1) is 17.8. The fourth-order valence-corrected chi connectivity index (χ4v) is 2.89. The monoisotopic (exact) mass is 358 g/mol. The van der Waals surface area contributed by atoms with E-state index in [1.54, 1.807) is 26.0 Å². The maximum Gasteiger partial charge on any atom is 0.251 e. The fraction of sp³-hybridized carbons (Fsp3) is 0.263. The van der Waals surface area contributed by atoms with Crippen molar-refractivity contribution < 1.29 is 23.4 Å². The van der Waals surface area contributed by atoms with E-state index in [0.29, 0.717) is 16.9 Å². The van der Waals surface area contributed by atoms with Gasteiger partial charge in [0, 0.05) is 11.1 Å². The van der Waals surface area contributed by atoms with Crippen molar-refractivity contribution in [2.75, 3.05) is 0 Å². The van der Waals surface area contributed by atoms with Crippen LogP contribution < -0.4 is 10.1 Å². The first-order valence-corrected chi connectivity index (χ1v) is 7.90. The Morgan fingerprint density at radius 3 is 2.62 bits per heavy atom. The molecule has 3 rings (SSSR count). The van der Waals surface area contributed by atoms with Gasteiger partial charge in [0.15, 0.2) is 11.6 Å². The minimum Gasteiger partial charge on any atom is -0.485 e. The summed E-state index contributed by atoms with van der Waals surface area (Å²) in [7, 11) is 0. The van der Waals surface area contributed by atoms with Crippen LogP contribution in [-0.2, 0) is 0 Å². The molecule has 0 bridgehead atoms. The Labute approximate surface area is 148 Å². The van der Waals surface area contributed by atoms with Crippen LogP contribution in [-0.4, -0.2) is 22.7 Å². The molecule has 5 nitrogen and oxygen atoms in total. The molecule has 0 unspecified atom stereocenters. The topological polar surface area (TPSA) is 82.3 Å². The molecule has 0 aromatic heterocycles. The Bertz CT molecular complexity index is 921. The highest BCUT2D eigenvalue weighted by Gasteiger charge is 2.43. The third-order valence-electron chi connectivity index (χ3n) is 4.34. The van der Waals surface area contributed by atoms with E-state index in [0.717, 1.165) is 18.2 Å². The van der Waals surface area contributed by atoms with Crippen molar-refractivity contribution in [3.63, 3.8) is 0 Å². The van der Waals surface area contributed by atoms with Crippen LogP contribution in [0.2, 0.25) is 0 Å². The summed E-state index contributed by atoms with van der Waals surface area (Å²) in [6, 6.07) is 8.58. The first-order chi connectivity index (χ1) is 12.2. The number of aliphatic hydroxyl groups excluding tert-OH is 1. The molecule has 0 aliphatic carbocycles. The van der Waals surface area contributed by atoms with E-state index >= 15 is 0 Å². The number of nitriles is 1. The van der Waals surface area contributed by atoms with Crippen molar-refractivity contribution in [1.29, 1.82) is 5.26 Å². The van der Waals surface area contributed by atoms with Crippen LogP contribution >= 0.6 is 0 Å². The molecule has 26 heavy (non-hydrogen) atoms. The molecule has 1 aliphatic rings. The SMILES string of the molecule is CC1(C)Oc2ccc(C#N)cc2[C@H](NC(=O)c2ccc(F)c(F)c2)[C@H]1O. The van der Waals surface area contributed by atoms with Gasteiger partial charge in [-0.3, -0.25) is 4.79 Å². The van der Waals surface area contributed by atoms with E-state index in [1.807, 2.05) is 6.07 Å². The number of fused-ring (bicyclic) bond motifs is 1. The molecular formula is C19H16F2N2O3. The summed E-state index contributed by atoms with van der Waals surface area (Å²) < 4.78 is 32.2. The number of nitrogens with zero attached hydrogens (tertiary/aromatic N) is 1. The van der Waals surface area contributed by atoms with Gasteiger partial charge in [-0.05, 0) is 50.2 Å². The predicted molar refractivity (Wildman–Crippen MR) is 88.4 cm³/mol. The van der Waals surface area contributed by atoms with Gasteiger partial charge in [0.2, 0.25) is 0 Å². The number of carbonyl (C=O) groups is 1. The van der Waals surface area contributed by atoms with Crippen molar-refractivity contribution in [2.45, 2.75) is 31.6 Å². The maximum atomic E-state index is 13.4. The Morgan fingerprint density at radius 1 is 1.23 bits per heavy atom. The molecule has 1 aliphatic heterocycles. The Morgan fingerprint density at radius 2 is 1.96 bits per heavy atom. The highest BCUT2D eigenvalue weighted by atomic mass is 19.2. The second kappa shape index (κ2) is 6.39. The van der Waals surface area contributed by atoms with Gasteiger partial charge >= 0.3 is 0 Å². The number of nitrogens with one attached hydrogen (secondary N) is 1. The van der Waals surface area contributed by atoms with Crippen LogP contribution in [0, 0.1) is 23.0 Å². The molecule has 2 atom stereocenters. The van der Waals surface area contributed by atoms with E-state index in [1.165, 1.54) is 6.07 Å². The minimum atomic E-state index is -1.14. The van der Waals surface area contributed by atoms with Gasteiger partial charge in [-0.1, -0.05) is 0 Å². The molecule has 0 saturated heterocycles. The molecule has 1 heterocycles. The Hall–Kier alpha value is -2.98. The number of rotatable bonds is 2. The molecule has 7 heteroatoms. The number of aliphatic hydroxyl groups is 1. The smallest absolute Gasteiger partial charge is 0.251 e. The zero-order valence-electron chi connectivity index (χ0n) is 14.1. The first-order valence-electron chi connectivity index (χ1n) is 7.90. The number of ether oxygens (including phenoxy) is 1. The number of hydrogen-bond acceptors (Lipinski definition) is 4. The van der Waals surface area contributed by atoms with Crippen LogP contribution in [0.4, 0.5) is 8.78 Å². The summed E-state index contributed by atoms with van der Waals surface area (Å²) in [5.74, 6) is -2.45. The number of benzene rings is 2. The van der Waals surface area contributed by atoms with Crippen molar-refractivity contribution >= 4 is 5.91 Å². The lowest BCUT2D eigenvalue weighted by atomic mass is 9.85. The molecule has 0 spiro atoms. The van der Waals surface area contributed by atoms with E-state index in [4.69, 9.17) is 10.00 Å². The average Bonchev–Trinajstić information content (AvgIpc) is 2.60.